The number of methoxy groups -OCH3 is 1. The molecule has 0 spiro atoms. The Balaban J connectivity index is 1.53. The van der Waals surface area contributed by atoms with Crippen LogP contribution in [0.15, 0.2) is 66.7 Å². The van der Waals surface area contributed by atoms with Crippen molar-refractivity contribution in [3.63, 3.8) is 0 Å². The van der Waals surface area contributed by atoms with E-state index in [2.05, 4.69) is 51.1 Å². The monoisotopic (exact) mass is 472 g/mol. The van der Waals surface area contributed by atoms with E-state index in [0.717, 1.165) is 34.6 Å². The van der Waals surface area contributed by atoms with E-state index < -0.39 is 5.97 Å². The van der Waals surface area contributed by atoms with Crippen molar-refractivity contribution in [1.82, 2.24) is 0 Å². The van der Waals surface area contributed by atoms with Gasteiger partial charge in [0.05, 0.1) is 13.5 Å². The Morgan fingerprint density at radius 1 is 1.00 bits per heavy atom. The molecule has 0 amide bonds. The van der Waals surface area contributed by atoms with Crippen LogP contribution in [0, 0.1) is 5.92 Å². The van der Waals surface area contributed by atoms with Gasteiger partial charge in [-0.05, 0) is 75.8 Å². The molecule has 0 saturated heterocycles. The van der Waals surface area contributed by atoms with Gasteiger partial charge in [-0.2, -0.15) is 0 Å². The Kier molecular flexibility index (Phi) is 7.49. The van der Waals surface area contributed by atoms with Crippen LogP contribution >= 0.6 is 0 Å². The molecule has 0 heterocycles. The van der Waals surface area contributed by atoms with Gasteiger partial charge in [-0.15, -0.1) is 0 Å². The fourth-order valence-electron chi connectivity index (χ4n) is 4.67. The number of carbonyl (C=O) groups is 1. The summed E-state index contributed by atoms with van der Waals surface area (Å²) >= 11 is 0. The highest BCUT2D eigenvalue weighted by Crippen LogP contribution is 2.40. The molecule has 0 bridgehead atoms. The first-order valence-electron chi connectivity index (χ1n) is 12.5. The Bertz CT molecular complexity index is 1170. The van der Waals surface area contributed by atoms with E-state index in [1.807, 2.05) is 36.4 Å². The van der Waals surface area contributed by atoms with Crippen LogP contribution in [0.5, 0.6) is 11.5 Å². The zero-order chi connectivity index (χ0) is 25.0. The molecule has 3 aromatic rings. The Morgan fingerprint density at radius 2 is 1.74 bits per heavy atom. The fraction of sp³-hybridized carbons (Fsp3) is 0.387. The maximum absolute atomic E-state index is 11.4. The maximum Gasteiger partial charge on any atom is 0.303 e. The lowest BCUT2D eigenvalue weighted by Gasteiger charge is -2.24. The summed E-state index contributed by atoms with van der Waals surface area (Å²) in [5.41, 5.74) is 5.70. The largest absolute Gasteiger partial charge is 0.497 e. The van der Waals surface area contributed by atoms with Crippen molar-refractivity contribution in [3.05, 3.63) is 83.4 Å². The van der Waals surface area contributed by atoms with Crippen molar-refractivity contribution >= 4 is 5.97 Å². The first kappa shape index (κ1) is 24.8. The summed E-state index contributed by atoms with van der Waals surface area (Å²) in [6.45, 7) is 7.13. The summed E-state index contributed by atoms with van der Waals surface area (Å²) < 4.78 is 11.6. The van der Waals surface area contributed by atoms with Crippen molar-refractivity contribution in [3.8, 4) is 22.6 Å². The Morgan fingerprint density at radius 3 is 2.43 bits per heavy atom. The molecule has 4 heteroatoms. The van der Waals surface area contributed by atoms with Gasteiger partial charge >= 0.3 is 5.97 Å². The number of carboxylic acid groups (broad SMARTS) is 1. The normalized spacial score (nSPS) is 14.4. The summed E-state index contributed by atoms with van der Waals surface area (Å²) in [7, 11) is 1.69. The molecule has 0 radical (unpaired) electrons. The third-order valence-electron chi connectivity index (χ3n) is 6.74. The quantitative estimate of drug-likeness (QED) is 0.330. The van der Waals surface area contributed by atoms with E-state index in [4.69, 9.17) is 9.47 Å². The molecular weight excluding hydrogens is 436 g/mol. The van der Waals surface area contributed by atoms with Crippen molar-refractivity contribution in [1.29, 1.82) is 0 Å². The lowest BCUT2D eigenvalue weighted by atomic mass is 9.81. The highest BCUT2D eigenvalue weighted by atomic mass is 16.5. The molecule has 4 rings (SSSR count). The summed E-state index contributed by atoms with van der Waals surface area (Å²) in [6, 6.07) is 22.7. The van der Waals surface area contributed by atoms with Gasteiger partial charge in [-0.3, -0.25) is 4.79 Å². The minimum atomic E-state index is -0.743. The van der Waals surface area contributed by atoms with E-state index in [9.17, 15) is 9.90 Å². The molecule has 1 aliphatic carbocycles. The number of carboxylic acids is 1. The molecule has 0 aromatic heterocycles. The van der Waals surface area contributed by atoms with Crippen LogP contribution in [-0.2, 0) is 16.8 Å². The van der Waals surface area contributed by atoms with Crippen LogP contribution in [0.2, 0.25) is 0 Å². The molecule has 0 unspecified atom stereocenters. The number of rotatable bonds is 10. The highest BCUT2D eigenvalue weighted by Gasteiger charge is 2.28. The molecule has 1 saturated carbocycles. The Hall–Kier alpha value is -3.27. The van der Waals surface area contributed by atoms with Gasteiger partial charge in [0, 0.05) is 0 Å². The van der Waals surface area contributed by atoms with Crippen LogP contribution in [0.1, 0.15) is 69.1 Å². The highest BCUT2D eigenvalue weighted by molar-refractivity contribution is 5.70. The summed E-state index contributed by atoms with van der Waals surface area (Å²) in [4.78, 5) is 11.4. The van der Waals surface area contributed by atoms with Gasteiger partial charge < -0.3 is 14.6 Å². The smallest absolute Gasteiger partial charge is 0.303 e. The van der Waals surface area contributed by atoms with E-state index in [0.29, 0.717) is 12.5 Å². The topological polar surface area (TPSA) is 55.8 Å². The minimum Gasteiger partial charge on any atom is -0.497 e. The summed E-state index contributed by atoms with van der Waals surface area (Å²) in [6.07, 6.45) is 3.54. The molecule has 1 atom stereocenters. The van der Waals surface area contributed by atoms with E-state index in [1.54, 1.807) is 7.11 Å². The van der Waals surface area contributed by atoms with Crippen molar-refractivity contribution in [2.24, 2.45) is 5.92 Å². The molecule has 184 valence electrons. The van der Waals surface area contributed by atoms with Gasteiger partial charge in [0.25, 0.3) is 0 Å². The lowest BCUT2D eigenvalue weighted by Crippen LogP contribution is -2.14. The predicted octanol–water partition coefficient (Wildman–Crippen LogP) is 7.60. The van der Waals surface area contributed by atoms with Crippen LogP contribution in [0.25, 0.3) is 11.1 Å². The first-order chi connectivity index (χ1) is 16.7. The second-order valence-corrected chi connectivity index (χ2v) is 10.7. The van der Waals surface area contributed by atoms with E-state index >= 15 is 0 Å². The standard InChI is InChI=1S/C31H36O4/c1-31(2,3)29-16-22(13-14-28(29)24-8-6-9-26(18-24)34-4)20-35-27-10-5-7-23(17-27)25(19-30(32)33)15-21-11-12-21/h5-10,13-14,16-18,21,25H,11-12,15,19-20H2,1-4H3,(H,32,33)/t25-/m0/s1. The molecule has 1 fully saturated rings. The van der Waals surface area contributed by atoms with Crippen LogP contribution < -0.4 is 9.47 Å². The molecule has 1 N–H and O–H groups in total. The van der Waals surface area contributed by atoms with Crippen molar-refractivity contribution in [2.75, 3.05) is 7.11 Å². The van der Waals surface area contributed by atoms with Gasteiger partial charge in [0.1, 0.15) is 18.1 Å². The van der Waals surface area contributed by atoms with Gasteiger partial charge in [0.15, 0.2) is 0 Å². The van der Waals surface area contributed by atoms with E-state index in [-0.39, 0.29) is 17.8 Å². The Labute approximate surface area is 208 Å². The van der Waals surface area contributed by atoms with Crippen LogP contribution in [0.4, 0.5) is 0 Å². The summed E-state index contributed by atoms with van der Waals surface area (Å²) in [5, 5.41) is 9.39. The average Bonchev–Trinajstić information content (AvgIpc) is 3.66. The van der Waals surface area contributed by atoms with Gasteiger partial charge in [-0.25, -0.2) is 0 Å². The number of ether oxygens (including phenoxy) is 2. The van der Waals surface area contributed by atoms with Crippen LogP contribution in [-0.4, -0.2) is 18.2 Å². The van der Waals surface area contributed by atoms with Crippen molar-refractivity contribution in [2.45, 2.75) is 64.4 Å². The van der Waals surface area contributed by atoms with Crippen molar-refractivity contribution < 1.29 is 19.4 Å². The molecule has 1 aliphatic rings. The van der Waals surface area contributed by atoms with Crippen LogP contribution in [0.3, 0.4) is 0 Å². The van der Waals surface area contributed by atoms with Gasteiger partial charge in [0.2, 0.25) is 0 Å². The molecule has 4 nitrogen and oxygen atoms in total. The molecular formula is C31H36O4. The molecule has 3 aromatic carbocycles. The van der Waals surface area contributed by atoms with E-state index in [1.165, 1.54) is 24.0 Å². The SMILES string of the molecule is COc1cccc(-c2ccc(COc3cccc([C@H](CC(=O)O)CC4CC4)c3)cc2C(C)(C)C)c1. The average molecular weight is 473 g/mol. The maximum atomic E-state index is 11.4. The zero-order valence-corrected chi connectivity index (χ0v) is 21.2. The second kappa shape index (κ2) is 10.6. The zero-order valence-electron chi connectivity index (χ0n) is 21.2. The number of hydrogen-bond acceptors (Lipinski definition) is 3. The third kappa shape index (κ3) is 6.66. The van der Waals surface area contributed by atoms with Gasteiger partial charge in [-0.1, -0.05) is 76.1 Å². The number of hydrogen-bond donors (Lipinski definition) is 1. The molecule has 35 heavy (non-hydrogen) atoms. The second-order valence-electron chi connectivity index (χ2n) is 10.7. The first-order valence-corrected chi connectivity index (χ1v) is 12.5. The lowest BCUT2D eigenvalue weighted by molar-refractivity contribution is -0.137. The summed E-state index contributed by atoms with van der Waals surface area (Å²) in [5.74, 6) is 1.59. The molecule has 0 aliphatic heterocycles. The third-order valence-corrected chi connectivity index (χ3v) is 6.74. The predicted molar refractivity (Wildman–Crippen MR) is 140 cm³/mol. The fourth-order valence-corrected chi connectivity index (χ4v) is 4.67. The number of aliphatic carboxylic acids is 1. The minimum absolute atomic E-state index is 0.0400. The number of benzene rings is 3.